The SMILES string of the molecule is CSc1cccc2c(C=O)c3ccccc3cc12. The van der Waals surface area contributed by atoms with Crippen molar-refractivity contribution < 1.29 is 4.79 Å². The van der Waals surface area contributed by atoms with Crippen LogP contribution in [0.1, 0.15) is 10.4 Å². The van der Waals surface area contributed by atoms with Gasteiger partial charge in [0.1, 0.15) is 0 Å². The van der Waals surface area contributed by atoms with Crippen LogP contribution in [-0.4, -0.2) is 12.5 Å². The molecule has 3 aromatic rings. The first kappa shape index (κ1) is 11.3. The summed E-state index contributed by atoms with van der Waals surface area (Å²) in [6.07, 6.45) is 3.03. The van der Waals surface area contributed by atoms with Crippen LogP contribution in [0.4, 0.5) is 0 Å². The van der Waals surface area contributed by atoms with E-state index in [9.17, 15) is 4.79 Å². The molecular formula is C16H12OS. The summed E-state index contributed by atoms with van der Waals surface area (Å²) in [4.78, 5) is 12.6. The zero-order valence-corrected chi connectivity index (χ0v) is 10.8. The number of fused-ring (bicyclic) bond motifs is 2. The van der Waals surface area contributed by atoms with E-state index in [0.717, 1.165) is 33.4 Å². The Balaban J connectivity index is 2.57. The number of thioether (sulfide) groups is 1. The third kappa shape index (κ3) is 1.61. The number of aldehydes is 1. The van der Waals surface area contributed by atoms with Crippen molar-refractivity contribution in [1.82, 2.24) is 0 Å². The summed E-state index contributed by atoms with van der Waals surface area (Å²) >= 11 is 1.71. The number of benzene rings is 3. The summed E-state index contributed by atoms with van der Waals surface area (Å²) in [5.74, 6) is 0. The Hall–Kier alpha value is -1.80. The number of hydrogen-bond donors (Lipinski definition) is 0. The zero-order valence-electron chi connectivity index (χ0n) is 10.0. The second-order valence-electron chi connectivity index (χ2n) is 4.18. The quantitative estimate of drug-likeness (QED) is 0.379. The monoisotopic (exact) mass is 252 g/mol. The fourth-order valence-electron chi connectivity index (χ4n) is 2.40. The molecule has 18 heavy (non-hydrogen) atoms. The Kier molecular flexibility index (Phi) is 2.80. The molecule has 0 radical (unpaired) electrons. The second kappa shape index (κ2) is 4.46. The Morgan fingerprint density at radius 3 is 2.50 bits per heavy atom. The molecule has 0 aliphatic carbocycles. The van der Waals surface area contributed by atoms with Crippen molar-refractivity contribution in [2.45, 2.75) is 4.90 Å². The molecule has 2 heteroatoms. The lowest BCUT2D eigenvalue weighted by Crippen LogP contribution is -1.88. The third-order valence-corrected chi connectivity index (χ3v) is 4.04. The highest BCUT2D eigenvalue weighted by atomic mass is 32.2. The molecule has 0 saturated carbocycles. The Labute approximate surface area is 110 Å². The van der Waals surface area contributed by atoms with Crippen LogP contribution in [0.3, 0.4) is 0 Å². The minimum absolute atomic E-state index is 0.791. The van der Waals surface area contributed by atoms with Gasteiger partial charge in [0.2, 0.25) is 0 Å². The predicted octanol–water partition coefficient (Wildman–Crippen LogP) is 4.53. The molecule has 3 rings (SSSR count). The van der Waals surface area contributed by atoms with E-state index in [-0.39, 0.29) is 0 Å². The highest BCUT2D eigenvalue weighted by Gasteiger charge is 2.08. The van der Waals surface area contributed by atoms with Gasteiger partial charge in [-0.2, -0.15) is 0 Å². The van der Waals surface area contributed by atoms with Crippen molar-refractivity contribution in [2.75, 3.05) is 6.26 Å². The molecule has 0 saturated heterocycles. The highest BCUT2D eigenvalue weighted by Crippen LogP contribution is 2.32. The molecule has 0 amide bonds. The maximum atomic E-state index is 11.4. The maximum Gasteiger partial charge on any atom is 0.151 e. The van der Waals surface area contributed by atoms with E-state index < -0.39 is 0 Å². The molecule has 0 atom stereocenters. The molecule has 0 aromatic heterocycles. The van der Waals surface area contributed by atoms with Crippen LogP contribution in [0.5, 0.6) is 0 Å². The number of carbonyl (C=O) groups excluding carboxylic acids is 1. The predicted molar refractivity (Wildman–Crippen MR) is 78.6 cm³/mol. The molecule has 0 N–H and O–H groups in total. The Morgan fingerprint density at radius 1 is 0.944 bits per heavy atom. The fourth-order valence-corrected chi connectivity index (χ4v) is 3.00. The van der Waals surface area contributed by atoms with Crippen molar-refractivity contribution in [2.24, 2.45) is 0 Å². The summed E-state index contributed by atoms with van der Waals surface area (Å²) in [5.41, 5.74) is 0.791. The lowest BCUT2D eigenvalue weighted by atomic mass is 9.97. The average molecular weight is 252 g/mol. The normalized spacial score (nSPS) is 10.9. The first-order chi connectivity index (χ1) is 8.85. The molecule has 0 bridgehead atoms. The summed E-state index contributed by atoms with van der Waals surface area (Å²) in [7, 11) is 0. The zero-order chi connectivity index (χ0) is 12.5. The van der Waals surface area contributed by atoms with Gasteiger partial charge in [0.25, 0.3) is 0 Å². The van der Waals surface area contributed by atoms with Crippen molar-refractivity contribution in [1.29, 1.82) is 0 Å². The summed E-state index contributed by atoms with van der Waals surface area (Å²) < 4.78 is 0. The van der Waals surface area contributed by atoms with Crippen LogP contribution >= 0.6 is 11.8 Å². The van der Waals surface area contributed by atoms with Gasteiger partial charge in [-0.15, -0.1) is 11.8 Å². The van der Waals surface area contributed by atoms with Gasteiger partial charge in [-0.1, -0.05) is 36.4 Å². The fraction of sp³-hybridized carbons (Fsp3) is 0.0625. The van der Waals surface area contributed by atoms with Crippen LogP contribution < -0.4 is 0 Å². The van der Waals surface area contributed by atoms with Gasteiger partial charge in [0.05, 0.1) is 0 Å². The van der Waals surface area contributed by atoms with E-state index in [1.165, 1.54) is 4.90 Å². The molecule has 0 unspecified atom stereocenters. The number of hydrogen-bond acceptors (Lipinski definition) is 2. The number of rotatable bonds is 2. The van der Waals surface area contributed by atoms with Gasteiger partial charge in [-0.25, -0.2) is 0 Å². The second-order valence-corrected chi connectivity index (χ2v) is 5.03. The first-order valence-electron chi connectivity index (χ1n) is 5.79. The smallest absolute Gasteiger partial charge is 0.151 e. The van der Waals surface area contributed by atoms with Gasteiger partial charge in [-0.05, 0) is 39.9 Å². The average Bonchev–Trinajstić information content (AvgIpc) is 2.44. The van der Waals surface area contributed by atoms with Gasteiger partial charge >= 0.3 is 0 Å². The molecule has 0 spiro atoms. The van der Waals surface area contributed by atoms with Gasteiger partial charge < -0.3 is 0 Å². The van der Waals surface area contributed by atoms with E-state index >= 15 is 0 Å². The minimum atomic E-state index is 0.791. The third-order valence-electron chi connectivity index (χ3n) is 3.24. The molecule has 0 aliphatic heterocycles. The Morgan fingerprint density at radius 2 is 1.72 bits per heavy atom. The van der Waals surface area contributed by atoms with Gasteiger partial charge in [-0.3, -0.25) is 4.79 Å². The lowest BCUT2D eigenvalue weighted by molar-refractivity contribution is 0.112. The largest absolute Gasteiger partial charge is 0.298 e. The van der Waals surface area contributed by atoms with E-state index in [1.807, 2.05) is 30.3 Å². The highest BCUT2D eigenvalue weighted by molar-refractivity contribution is 7.98. The first-order valence-corrected chi connectivity index (χ1v) is 7.01. The van der Waals surface area contributed by atoms with Crippen molar-refractivity contribution in [3.63, 3.8) is 0 Å². The van der Waals surface area contributed by atoms with Crippen molar-refractivity contribution >= 4 is 39.6 Å². The van der Waals surface area contributed by atoms with Crippen LogP contribution in [0.15, 0.2) is 53.4 Å². The van der Waals surface area contributed by atoms with Crippen LogP contribution in [-0.2, 0) is 0 Å². The summed E-state index contributed by atoms with van der Waals surface area (Å²) in [5, 5.41) is 4.34. The van der Waals surface area contributed by atoms with E-state index in [1.54, 1.807) is 11.8 Å². The molecule has 3 aromatic carbocycles. The lowest BCUT2D eigenvalue weighted by Gasteiger charge is -2.09. The van der Waals surface area contributed by atoms with Crippen molar-refractivity contribution in [3.8, 4) is 0 Å². The number of carbonyl (C=O) groups is 1. The maximum absolute atomic E-state index is 11.4. The van der Waals surface area contributed by atoms with Gasteiger partial charge in [0.15, 0.2) is 6.29 Å². The van der Waals surface area contributed by atoms with Crippen molar-refractivity contribution in [3.05, 3.63) is 54.1 Å². The Bertz CT molecular complexity index is 747. The summed E-state index contributed by atoms with van der Waals surface area (Å²) in [6, 6.07) is 16.3. The molecule has 0 heterocycles. The molecule has 88 valence electrons. The molecule has 1 nitrogen and oxygen atoms in total. The van der Waals surface area contributed by atoms with E-state index in [0.29, 0.717) is 0 Å². The van der Waals surface area contributed by atoms with Gasteiger partial charge in [0, 0.05) is 10.5 Å². The minimum Gasteiger partial charge on any atom is -0.298 e. The van der Waals surface area contributed by atoms with E-state index in [2.05, 4.69) is 24.5 Å². The molecule has 0 aliphatic rings. The van der Waals surface area contributed by atoms with Crippen LogP contribution in [0.2, 0.25) is 0 Å². The summed E-state index contributed by atoms with van der Waals surface area (Å²) in [6.45, 7) is 0. The van der Waals surface area contributed by atoms with Crippen LogP contribution in [0, 0.1) is 0 Å². The van der Waals surface area contributed by atoms with Crippen LogP contribution in [0.25, 0.3) is 21.5 Å². The standard InChI is InChI=1S/C16H12OS/c1-18-16-8-4-7-13-14(16)9-11-5-2-3-6-12(11)15(13)10-17/h2-10H,1H3. The molecular weight excluding hydrogens is 240 g/mol. The topological polar surface area (TPSA) is 17.1 Å². The molecule has 0 fully saturated rings. The van der Waals surface area contributed by atoms with E-state index in [4.69, 9.17) is 0 Å².